The van der Waals surface area contributed by atoms with Gasteiger partial charge in [0.25, 0.3) is 11.8 Å². The Bertz CT molecular complexity index is 1540. The van der Waals surface area contributed by atoms with Gasteiger partial charge in [-0.3, -0.25) is 14.4 Å². The lowest BCUT2D eigenvalue weighted by Crippen LogP contribution is -2.30. The number of rotatable bonds is 9. The van der Waals surface area contributed by atoms with Gasteiger partial charge in [0.15, 0.2) is 11.5 Å². The van der Waals surface area contributed by atoms with E-state index < -0.39 is 11.8 Å². The van der Waals surface area contributed by atoms with Crippen molar-refractivity contribution in [3.8, 4) is 11.5 Å². The third kappa shape index (κ3) is 7.12. The number of benzene rings is 3. The van der Waals surface area contributed by atoms with Gasteiger partial charge >= 0.3 is 0 Å². The van der Waals surface area contributed by atoms with E-state index in [1.54, 1.807) is 78.9 Å². The maximum Gasteiger partial charge on any atom is 0.272 e. The Labute approximate surface area is 234 Å². The fourth-order valence-corrected chi connectivity index (χ4v) is 4.54. The molecule has 3 aromatic carbocycles. The van der Waals surface area contributed by atoms with Crippen molar-refractivity contribution < 1.29 is 28.3 Å². The van der Waals surface area contributed by atoms with Crippen LogP contribution in [0.1, 0.15) is 16.1 Å². The van der Waals surface area contributed by atoms with Crippen LogP contribution in [0.25, 0.3) is 6.08 Å². The Kier molecular flexibility index (Phi) is 8.47. The van der Waals surface area contributed by atoms with Gasteiger partial charge in [-0.25, -0.2) is 0 Å². The van der Waals surface area contributed by atoms with Crippen LogP contribution in [0.5, 0.6) is 11.5 Å². The fraction of sp³-hybridized carbons (Fsp3) is 0.100. The van der Waals surface area contributed by atoms with E-state index in [9.17, 15) is 14.4 Å². The number of furan rings is 1. The van der Waals surface area contributed by atoms with Gasteiger partial charge in [0.2, 0.25) is 5.91 Å². The van der Waals surface area contributed by atoms with Crippen LogP contribution in [0.2, 0.25) is 0 Å². The van der Waals surface area contributed by atoms with E-state index in [0.29, 0.717) is 47.4 Å². The molecule has 0 saturated carbocycles. The molecule has 0 unspecified atom stereocenters. The molecule has 2 heterocycles. The predicted octanol–water partition coefficient (Wildman–Crippen LogP) is 5.19. The van der Waals surface area contributed by atoms with Gasteiger partial charge in [0.05, 0.1) is 12.0 Å². The Morgan fingerprint density at radius 1 is 0.800 bits per heavy atom. The summed E-state index contributed by atoms with van der Waals surface area (Å²) in [6.07, 6.45) is 2.93. The van der Waals surface area contributed by atoms with Crippen LogP contribution in [0.3, 0.4) is 0 Å². The van der Waals surface area contributed by atoms with Gasteiger partial charge in [-0.05, 0) is 54.6 Å². The van der Waals surface area contributed by atoms with Crippen LogP contribution in [0, 0.1) is 0 Å². The fourth-order valence-electron chi connectivity index (χ4n) is 3.79. The van der Waals surface area contributed by atoms with Gasteiger partial charge in [-0.15, -0.1) is 11.8 Å². The van der Waals surface area contributed by atoms with Crippen molar-refractivity contribution in [2.24, 2.45) is 0 Å². The number of thioether (sulfide) groups is 1. The second kappa shape index (κ2) is 12.7. The lowest BCUT2D eigenvalue weighted by atomic mass is 10.2. The molecule has 0 atom stereocenters. The molecule has 0 aliphatic carbocycles. The molecule has 3 N–H and O–H groups in total. The highest BCUT2D eigenvalue weighted by molar-refractivity contribution is 8.00. The highest BCUT2D eigenvalue weighted by Crippen LogP contribution is 2.32. The zero-order chi connectivity index (χ0) is 27.7. The second-order valence-corrected chi connectivity index (χ2v) is 9.62. The smallest absolute Gasteiger partial charge is 0.272 e. The molecule has 9 nitrogen and oxygen atoms in total. The average molecular weight is 556 g/mol. The van der Waals surface area contributed by atoms with Crippen LogP contribution in [0.4, 0.5) is 11.4 Å². The van der Waals surface area contributed by atoms with Crippen molar-refractivity contribution in [2.45, 2.75) is 4.90 Å². The monoisotopic (exact) mass is 555 g/mol. The first-order chi connectivity index (χ1) is 19.5. The standard InChI is InChI=1S/C30H25N3O6S/c34-28(31-22-11-12-26-27(17-22)39-15-14-38-26)19-40-24-10-4-8-21(16-24)32-30(36)25(18-23-9-5-13-37-23)33-29(35)20-6-2-1-3-7-20/h1-13,16-18H,14-15,19H2,(H,31,34)(H,32,36)(H,33,35)/b25-18-. The first kappa shape index (κ1) is 26.6. The molecule has 202 valence electrons. The third-order valence-electron chi connectivity index (χ3n) is 5.65. The maximum atomic E-state index is 13.2. The van der Waals surface area contributed by atoms with Crippen LogP contribution < -0.4 is 25.4 Å². The SMILES string of the molecule is O=C(CSc1cccc(NC(=O)/C(=C/c2ccco2)NC(=O)c2ccccc2)c1)Nc1ccc2c(c1)OCCO2. The second-order valence-electron chi connectivity index (χ2n) is 8.57. The molecule has 1 aromatic heterocycles. The van der Waals surface area contributed by atoms with E-state index in [1.165, 1.54) is 24.1 Å². The zero-order valence-electron chi connectivity index (χ0n) is 21.2. The van der Waals surface area contributed by atoms with Gasteiger partial charge in [0.1, 0.15) is 24.7 Å². The summed E-state index contributed by atoms with van der Waals surface area (Å²) in [4.78, 5) is 39.2. The molecule has 0 bridgehead atoms. The van der Waals surface area contributed by atoms with Crippen LogP contribution in [-0.4, -0.2) is 36.7 Å². The van der Waals surface area contributed by atoms with E-state index in [1.807, 2.05) is 6.07 Å². The summed E-state index contributed by atoms with van der Waals surface area (Å²) in [5.41, 5.74) is 1.54. The molecule has 0 radical (unpaired) electrons. The topological polar surface area (TPSA) is 119 Å². The summed E-state index contributed by atoms with van der Waals surface area (Å²) in [5, 5.41) is 8.32. The Hall–Kier alpha value is -4.96. The summed E-state index contributed by atoms with van der Waals surface area (Å²) in [6, 6.07) is 24.3. The zero-order valence-corrected chi connectivity index (χ0v) is 22.0. The number of carbonyl (C=O) groups is 3. The molecular formula is C30H25N3O6S. The number of anilines is 2. The Morgan fingerprint density at radius 2 is 1.60 bits per heavy atom. The number of carbonyl (C=O) groups excluding carboxylic acids is 3. The molecule has 10 heteroatoms. The molecule has 5 rings (SSSR count). The summed E-state index contributed by atoms with van der Waals surface area (Å²) >= 11 is 1.32. The highest BCUT2D eigenvalue weighted by atomic mass is 32.2. The molecule has 3 amide bonds. The Balaban J connectivity index is 1.21. The van der Waals surface area contributed by atoms with E-state index in [4.69, 9.17) is 13.9 Å². The molecule has 0 fully saturated rings. The lowest BCUT2D eigenvalue weighted by molar-refractivity contribution is -0.114. The first-order valence-corrected chi connectivity index (χ1v) is 13.4. The number of fused-ring (bicyclic) bond motifs is 1. The van der Waals surface area contributed by atoms with Crippen molar-refractivity contribution in [3.63, 3.8) is 0 Å². The number of nitrogens with one attached hydrogen (secondary N) is 3. The molecule has 0 spiro atoms. The van der Waals surface area contributed by atoms with Crippen molar-refractivity contribution in [3.05, 3.63) is 108 Å². The molecule has 4 aromatic rings. The van der Waals surface area contributed by atoms with Crippen molar-refractivity contribution in [2.75, 3.05) is 29.6 Å². The number of hydrogen-bond donors (Lipinski definition) is 3. The van der Waals surface area contributed by atoms with Crippen LogP contribution >= 0.6 is 11.8 Å². The van der Waals surface area contributed by atoms with Gasteiger partial charge < -0.3 is 29.8 Å². The maximum absolute atomic E-state index is 13.2. The molecule has 1 aliphatic heterocycles. The van der Waals surface area contributed by atoms with E-state index >= 15 is 0 Å². The Morgan fingerprint density at radius 3 is 2.40 bits per heavy atom. The number of hydrogen-bond acceptors (Lipinski definition) is 7. The quantitative estimate of drug-likeness (QED) is 0.192. The van der Waals surface area contributed by atoms with Gasteiger partial charge in [-0.2, -0.15) is 0 Å². The normalized spacial score (nSPS) is 12.3. The number of amides is 3. The minimum absolute atomic E-state index is 0.0145. The van der Waals surface area contributed by atoms with E-state index in [0.717, 1.165) is 4.90 Å². The molecule has 1 aliphatic rings. The molecular weight excluding hydrogens is 530 g/mol. The van der Waals surface area contributed by atoms with Crippen LogP contribution in [0.15, 0.2) is 106 Å². The van der Waals surface area contributed by atoms with E-state index in [-0.39, 0.29) is 17.4 Å². The minimum atomic E-state index is -0.529. The summed E-state index contributed by atoms with van der Waals surface area (Å²) in [7, 11) is 0. The largest absolute Gasteiger partial charge is 0.486 e. The average Bonchev–Trinajstić information content (AvgIpc) is 3.49. The summed E-state index contributed by atoms with van der Waals surface area (Å²) in [5.74, 6) is 0.666. The van der Waals surface area contributed by atoms with E-state index in [2.05, 4.69) is 16.0 Å². The van der Waals surface area contributed by atoms with Gasteiger partial charge in [-0.1, -0.05) is 24.3 Å². The van der Waals surface area contributed by atoms with Crippen LogP contribution in [-0.2, 0) is 9.59 Å². The summed E-state index contributed by atoms with van der Waals surface area (Å²) in [6.45, 7) is 0.964. The highest BCUT2D eigenvalue weighted by Gasteiger charge is 2.16. The number of ether oxygens (including phenoxy) is 2. The molecule has 40 heavy (non-hydrogen) atoms. The molecule has 0 saturated heterocycles. The van der Waals surface area contributed by atoms with Gasteiger partial charge in [0, 0.05) is 34.0 Å². The predicted molar refractivity (Wildman–Crippen MR) is 152 cm³/mol. The van der Waals surface area contributed by atoms with Crippen molar-refractivity contribution in [1.29, 1.82) is 0 Å². The third-order valence-corrected chi connectivity index (χ3v) is 6.64. The van der Waals surface area contributed by atoms with Crippen molar-refractivity contribution >= 4 is 46.9 Å². The lowest BCUT2D eigenvalue weighted by Gasteiger charge is -2.19. The summed E-state index contributed by atoms with van der Waals surface area (Å²) < 4.78 is 16.4. The van der Waals surface area contributed by atoms with Crippen molar-refractivity contribution in [1.82, 2.24) is 5.32 Å². The minimum Gasteiger partial charge on any atom is -0.486 e. The first-order valence-electron chi connectivity index (χ1n) is 12.4.